The summed E-state index contributed by atoms with van der Waals surface area (Å²) in [5.74, 6) is 0.608. The highest BCUT2D eigenvalue weighted by Crippen LogP contribution is 2.37. The summed E-state index contributed by atoms with van der Waals surface area (Å²) < 4.78 is 5.70. The van der Waals surface area contributed by atoms with Gasteiger partial charge in [0.25, 0.3) is 6.47 Å². The summed E-state index contributed by atoms with van der Waals surface area (Å²) in [6.45, 7) is 6.79. The number of fused-ring (bicyclic) bond motifs is 1. The molecule has 0 bridgehead atoms. The number of carboxylic acid groups (broad SMARTS) is 1. The van der Waals surface area contributed by atoms with Gasteiger partial charge in [-0.3, -0.25) is 4.79 Å². The summed E-state index contributed by atoms with van der Waals surface area (Å²) in [6.07, 6.45) is 3.50. The highest BCUT2D eigenvalue weighted by Gasteiger charge is 2.18. The minimum absolute atomic E-state index is 0.0289. The molecule has 2 aromatic carbocycles. The fraction of sp³-hybridized carbons (Fsp3) is 0.360. The van der Waals surface area contributed by atoms with Crippen molar-refractivity contribution in [2.45, 2.75) is 46.1 Å². The molecule has 0 fully saturated rings. The lowest BCUT2D eigenvalue weighted by molar-refractivity contribution is -0.122. The van der Waals surface area contributed by atoms with E-state index in [4.69, 9.17) is 14.6 Å². The zero-order valence-electron chi connectivity index (χ0n) is 19.5. The fourth-order valence-corrected chi connectivity index (χ4v) is 4.27. The van der Waals surface area contributed by atoms with Crippen molar-refractivity contribution in [1.29, 1.82) is 5.26 Å². The molecule has 0 radical (unpaired) electrons. The van der Waals surface area contributed by atoms with E-state index < -0.39 is 0 Å². The van der Waals surface area contributed by atoms with Crippen molar-refractivity contribution in [1.82, 2.24) is 15.5 Å². The Labute approximate surface area is 199 Å². The van der Waals surface area contributed by atoms with E-state index in [2.05, 4.69) is 46.7 Å². The molecule has 4 rings (SSSR count). The zero-order chi connectivity index (χ0) is 24.2. The van der Waals surface area contributed by atoms with Crippen LogP contribution in [0.25, 0.3) is 21.1 Å². The molecule has 0 atom stereocenters. The molecule has 8 heteroatoms. The normalized spacial score (nSPS) is 11.4. The summed E-state index contributed by atoms with van der Waals surface area (Å²) in [5, 5.41) is 29.8. The number of nitriles is 1. The highest BCUT2D eigenvalue weighted by atomic mass is 32.1. The second-order valence-electron chi connectivity index (χ2n) is 7.51. The van der Waals surface area contributed by atoms with Gasteiger partial charge in [-0.1, -0.05) is 36.5 Å². The van der Waals surface area contributed by atoms with Gasteiger partial charge in [-0.2, -0.15) is 5.26 Å². The molecular weight excluding hydrogens is 436 g/mol. The van der Waals surface area contributed by atoms with Gasteiger partial charge in [0, 0.05) is 11.1 Å². The number of nitrogens with one attached hydrogen (secondary N) is 1. The number of benzene rings is 2. The molecule has 1 heterocycles. The number of hydrogen-bond acceptors (Lipinski definition) is 7. The van der Waals surface area contributed by atoms with E-state index in [-0.39, 0.29) is 12.6 Å². The molecule has 0 saturated carbocycles. The molecule has 174 valence electrons. The van der Waals surface area contributed by atoms with E-state index in [0.29, 0.717) is 11.3 Å². The Kier molecular flexibility index (Phi) is 10.5. The van der Waals surface area contributed by atoms with E-state index >= 15 is 0 Å². The Bertz CT molecular complexity index is 1090. The smallest absolute Gasteiger partial charge is 0.290 e. The van der Waals surface area contributed by atoms with Crippen LogP contribution in [0.1, 0.15) is 43.9 Å². The molecule has 1 aliphatic carbocycles. The zero-order valence-corrected chi connectivity index (χ0v) is 20.3. The maximum absolute atomic E-state index is 9.43. The number of hydrogen-bond donors (Lipinski definition) is 2. The lowest BCUT2D eigenvalue weighted by Gasteiger charge is -2.11. The van der Waals surface area contributed by atoms with Gasteiger partial charge < -0.3 is 15.2 Å². The molecule has 33 heavy (non-hydrogen) atoms. The van der Waals surface area contributed by atoms with E-state index in [9.17, 15) is 5.26 Å². The minimum Gasteiger partial charge on any atom is -0.490 e. The van der Waals surface area contributed by atoms with Crippen LogP contribution in [-0.2, 0) is 17.6 Å². The first-order valence-corrected chi connectivity index (χ1v) is 11.7. The highest BCUT2D eigenvalue weighted by molar-refractivity contribution is 7.17. The topological polar surface area (TPSA) is 108 Å². The Morgan fingerprint density at radius 3 is 2.58 bits per heavy atom. The van der Waals surface area contributed by atoms with Gasteiger partial charge in [0.15, 0.2) is 0 Å². The van der Waals surface area contributed by atoms with Crippen molar-refractivity contribution < 1.29 is 14.6 Å². The number of nitrogens with zero attached hydrogens (tertiary/aromatic N) is 3. The van der Waals surface area contributed by atoms with Crippen LogP contribution in [0.3, 0.4) is 0 Å². The fourth-order valence-electron chi connectivity index (χ4n) is 3.38. The van der Waals surface area contributed by atoms with E-state index in [1.807, 2.05) is 39.1 Å². The lowest BCUT2D eigenvalue weighted by atomic mass is 10.0. The number of aromatic nitrogens is 2. The van der Waals surface area contributed by atoms with Crippen molar-refractivity contribution >= 4 is 17.8 Å². The number of ether oxygens (including phenoxy) is 1. The van der Waals surface area contributed by atoms with Gasteiger partial charge in [-0.25, -0.2) is 0 Å². The third-order valence-corrected chi connectivity index (χ3v) is 5.87. The van der Waals surface area contributed by atoms with Crippen LogP contribution >= 0.6 is 11.3 Å². The van der Waals surface area contributed by atoms with Crippen molar-refractivity contribution in [2.75, 3.05) is 13.6 Å². The average Bonchev–Trinajstić information content (AvgIpc) is 3.49. The third kappa shape index (κ3) is 7.11. The number of rotatable bonds is 5. The summed E-state index contributed by atoms with van der Waals surface area (Å²) in [6, 6.07) is 14.3. The summed E-state index contributed by atoms with van der Waals surface area (Å²) in [5.41, 5.74) is 5.46. The molecule has 1 aliphatic rings. The average molecular weight is 467 g/mol. The number of carbonyl (C=O) groups is 1. The van der Waals surface area contributed by atoms with Crippen LogP contribution in [0.4, 0.5) is 0 Å². The standard InChI is InChI=1S/C21H19N3OS.C3H9N.CH2O2/c1-13(2)25-19-10-9-15(11-16(19)12-22)20-23-24-21(26-20)18-8-4-6-14-5-3-7-17(14)18;1-3-4-2;2-1-3/h4,6,8-11,13H,3,5,7H2,1-2H3;4H,3H2,1-2H3;1H,(H,2,3). The molecule has 0 aliphatic heterocycles. The lowest BCUT2D eigenvalue weighted by Crippen LogP contribution is -2.06. The van der Waals surface area contributed by atoms with Crippen LogP contribution in [0, 0.1) is 11.3 Å². The SMILES string of the molecule is CC(C)Oc1ccc(-c2nnc(-c3cccc4c3CCC4)s2)cc1C#N.CCNC.O=CO. The van der Waals surface area contributed by atoms with Crippen LogP contribution in [-0.4, -0.2) is 41.5 Å². The van der Waals surface area contributed by atoms with Crippen LogP contribution in [0.5, 0.6) is 5.75 Å². The second-order valence-corrected chi connectivity index (χ2v) is 8.49. The van der Waals surface area contributed by atoms with Gasteiger partial charge in [0.1, 0.15) is 21.8 Å². The first-order valence-electron chi connectivity index (χ1n) is 10.9. The van der Waals surface area contributed by atoms with Crippen molar-refractivity contribution in [3.8, 4) is 33.0 Å². The van der Waals surface area contributed by atoms with E-state index in [1.165, 1.54) is 23.1 Å². The molecular formula is C25H30N4O3S. The molecule has 0 amide bonds. The Morgan fingerprint density at radius 2 is 1.94 bits per heavy atom. The Hall–Kier alpha value is -3.28. The molecule has 0 unspecified atom stereocenters. The minimum atomic E-state index is -0.250. The summed E-state index contributed by atoms with van der Waals surface area (Å²) >= 11 is 1.57. The first kappa shape index (κ1) is 26.0. The third-order valence-electron chi connectivity index (χ3n) is 4.86. The Balaban J connectivity index is 0.000000489. The second kappa shape index (κ2) is 13.3. The van der Waals surface area contributed by atoms with Crippen molar-refractivity contribution in [2.24, 2.45) is 0 Å². The predicted molar refractivity (Wildman–Crippen MR) is 132 cm³/mol. The predicted octanol–water partition coefficient (Wildman–Crippen LogP) is 4.95. The summed E-state index contributed by atoms with van der Waals surface area (Å²) in [4.78, 5) is 8.36. The molecule has 1 aromatic heterocycles. The molecule has 2 N–H and O–H groups in total. The Morgan fingerprint density at radius 1 is 1.24 bits per heavy atom. The monoisotopic (exact) mass is 466 g/mol. The maximum atomic E-state index is 9.43. The van der Waals surface area contributed by atoms with Gasteiger partial charge in [0.2, 0.25) is 0 Å². The van der Waals surface area contributed by atoms with Gasteiger partial charge in [0.05, 0.1) is 11.7 Å². The molecule has 0 saturated heterocycles. The quantitative estimate of drug-likeness (QED) is 0.512. The molecule has 3 aromatic rings. The first-order chi connectivity index (χ1) is 16.0. The largest absolute Gasteiger partial charge is 0.490 e. The molecule has 7 nitrogen and oxygen atoms in total. The van der Waals surface area contributed by atoms with Crippen LogP contribution in [0.15, 0.2) is 36.4 Å². The van der Waals surface area contributed by atoms with Crippen LogP contribution < -0.4 is 10.1 Å². The van der Waals surface area contributed by atoms with E-state index in [1.54, 1.807) is 11.3 Å². The van der Waals surface area contributed by atoms with Gasteiger partial charge in [-0.15, -0.1) is 10.2 Å². The van der Waals surface area contributed by atoms with Crippen LogP contribution in [0.2, 0.25) is 0 Å². The maximum Gasteiger partial charge on any atom is 0.290 e. The van der Waals surface area contributed by atoms with Crippen molar-refractivity contribution in [3.63, 3.8) is 0 Å². The number of aryl methyl sites for hydroxylation is 1. The van der Waals surface area contributed by atoms with E-state index in [0.717, 1.165) is 35.0 Å². The van der Waals surface area contributed by atoms with Crippen molar-refractivity contribution in [3.05, 3.63) is 53.1 Å². The van der Waals surface area contributed by atoms with Gasteiger partial charge >= 0.3 is 0 Å². The van der Waals surface area contributed by atoms with Gasteiger partial charge in [-0.05, 0) is 76.0 Å². The summed E-state index contributed by atoms with van der Waals surface area (Å²) in [7, 11) is 1.93. The molecule has 0 spiro atoms.